The molecule has 0 radical (unpaired) electrons. The third kappa shape index (κ3) is 5.27. The van der Waals surface area contributed by atoms with E-state index in [4.69, 9.17) is 16.3 Å². The minimum absolute atomic E-state index is 0.0514. The fraction of sp³-hybridized carbons (Fsp3) is 0.450. The molecule has 0 N–H and O–H groups in total. The lowest BCUT2D eigenvalue weighted by atomic mass is 10.1. The number of ether oxygens (including phenoxy) is 1. The van der Waals surface area contributed by atoms with Crippen LogP contribution in [0.15, 0.2) is 47.6 Å². The number of anilines is 1. The molecule has 34 heavy (non-hydrogen) atoms. The van der Waals surface area contributed by atoms with Gasteiger partial charge in [-0.3, -0.25) is 4.90 Å². The van der Waals surface area contributed by atoms with Crippen LogP contribution in [0.25, 0.3) is 0 Å². The molecule has 9 nitrogen and oxygen atoms in total. The van der Waals surface area contributed by atoms with Crippen LogP contribution in [-0.2, 0) is 19.6 Å². The largest absolute Gasteiger partial charge is 0.490 e. The van der Waals surface area contributed by atoms with Crippen LogP contribution in [0, 0.1) is 0 Å². The molecule has 3 heterocycles. The summed E-state index contributed by atoms with van der Waals surface area (Å²) in [4.78, 5) is 23.7. The zero-order valence-corrected chi connectivity index (χ0v) is 19.3. The van der Waals surface area contributed by atoms with Gasteiger partial charge in [-0.15, -0.1) is 0 Å². The van der Waals surface area contributed by atoms with Gasteiger partial charge in [-0.2, -0.15) is 17.5 Å². The number of rotatable bonds is 5. The fourth-order valence-corrected chi connectivity index (χ4v) is 5.65. The number of aromatic nitrogens is 2. The number of sulfonamides is 1. The van der Waals surface area contributed by atoms with Crippen molar-refractivity contribution in [2.45, 2.75) is 23.2 Å². The fourth-order valence-electron chi connectivity index (χ4n) is 4.05. The van der Waals surface area contributed by atoms with Crippen molar-refractivity contribution < 1.29 is 31.1 Å². The van der Waals surface area contributed by atoms with Gasteiger partial charge in [0.15, 0.2) is 0 Å². The van der Waals surface area contributed by atoms with Crippen molar-refractivity contribution >= 4 is 33.5 Å². The zero-order valence-electron chi connectivity index (χ0n) is 17.7. The van der Waals surface area contributed by atoms with E-state index in [9.17, 15) is 26.4 Å². The van der Waals surface area contributed by atoms with E-state index in [1.807, 2.05) is 9.80 Å². The minimum atomic E-state index is -5.18. The number of esters is 1. The van der Waals surface area contributed by atoms with E-state index in [1.54, 1.807) is 18.5 Å². The summed E-state index contributed by atoms with van der Waals surface area (Å²) in [5, 5.41) is 0.343. The van der Waals surface area contributed by atoms with Crippen LogP contribution >= 0.6 is 11.6 Å². The topological polar surface area (TPSA) is 95.9 Å². The van der Waals surface area contributed by atoms with Gasteiger partial charge in [0.25, 0.3) is 0 Å². The maximum Gasteiger partial charge on any atom is 0.490 e. The summed E-state index contributed by atoms with van der Waals surface area (Å²) in [7, 11) is -4.04. The van der Waals surface area contributed by atoms with Crippen LogP contribution in [0.3, 0.4) is 0 Å². The molecule has 1 aromatic heterocycles. The molecule has 0 spiro atoms. The minimum Gasteiger partial charge on any atom is -0.453 e. The molecule has 0 saturated carbocycles. The van der Waals surface area contributed by atoms with E-state index in [0.29, 0.717) is 37.1 Å². The summed E-state index contributed by atoms with van der Waals surface area (Å²) in [5.41, 5.74) is 0. The second-order valence-electron chi connectivity index (χ2n) is 7.86. The van der Waals surface area contributed by atoms with Gasteiger partial charge in [0, 0.05) is 50.1 Å². The van der Waals surface area contributed by atoms with Crippen molar-refractivity contribution in [2.24, 2.45) is 0 Å². The molecule has 14 heteroatoms. The second kappa shape index (κ2) is 9.64. The second-order valence-corrected chi connectivity index (χ2v) is 10.2. The number of halogens is 4. The predicted octanol–water partition coefficient (Wildman–Crippen LogP) is 1.80. The molecule has 2 aromatic rings. The molecule has 0 unspecified atom stereocenters. The third-order valence-electron chi connectivity index (χ3n) is 5.76. The molecule has 2 atom stereocenters. The summed E-state index contributed by atoms with van der Waals surface area (Å²) >= 11 is 5.83. The van der Waals surface area contributed by atoms with Crippen molar-refractivity contribution in [3.63, 3.8) is 0 Å². The molecule has 4 rings (SSSR count). The Morgan fingerprint density at radius 1 is 1.03 bits per heavy atom. The first-order valence-corrected chi connectivity index (χ1v) is 12.2. The zero-order chi connectivity index (χ0) is 24.5. The van der Waals surface area contributed by atoms with E-state index in [-0.39, 0.29) is 18.0 Å². The van der Waals surface area contributed by atoms with Crippen LogP contribution in [0.1, 0.15) is 0 Å². The first-order chi connectivity index (χ1) is 16.1. The number of benzene rings is 1. The summed E-state index contributed by atoms with van der Waals surface area (Å²) < 4.78 is 70.7. The molecule has 0 bridgehead atoms. The lowest BCUT2D eigenvalue weighted by molar-refractivity contribution is -0.206. The highest BCUT2D eigenvalue weighted by Gasteiger charge is 2.49. The Morgan fingerprint density at radius 3 is 2.24 bits per heavy atom. The Balaban J connectivity index is 1.52. The SMILES string of the molecule is O=C(O[C@H]1CN(S(=O)(=O)c2ccc(Cl)cc2)C[C@@H]1N1CCN(c2ncccn2)CC1)C(F)(F)F. The molecular formula is C20H21ClF3N5O4S. The number of carbonyl (C=O) groups excluding carboxylic acids is 1. The first kappa shape index (κ1) is 24.6. The van der Waals surface area contributed by atoms with Gasteiger partial charge in [0.2, 0.25) is 16.0 Å². The number of hydrogen-bond acceptors (Lipinski definition) is 8. The summed E-state index contributed by atoms with van der Waals surface area (Å²) in [6.45, 7) is 1.24. The first-order valence-electron chi connectivity index (χ1n) is 10.4. The Hall–Kier alpha value is -2.48. The van der Waals surface area contributed by atoms with Gasteiger partial charge in [-0.25, -0.2) is 23.2 Å². The highest BCUT2D eigenvalue weighted by Crippen LogP contribution is 2.29. The Kier molecular flexibility index (Phi) is 6.99. The molecule has 2 saturated heterocycles. The van der Waals surface area contributed by atoms with Crippen molar-refractivity contribution in [3.8, 4) is 0 Å². The molecule has 184 valence electrons. The average Bonchev–Trinajstić information content (AvgIpc) is 3.24. The number of hydrogen-bond donors (Lipinski definition) is 0. The summed E-state index contributed by atoms with van der Waals surface area (Å²) in [6.07, 6.45) is -3.25. The van der Waals surface area contributed by atoms with Gasteiger partial charge < -0.3 is 9.64 Å². The molecule has 2 aliphatic heterocycles. The van der Waals surface area contributed by atoms with Crippen LogP contribution in [0.5, 0.6) is 0 Å². The maximum absolute atomic E-state index is 13.1. The smallest absolute Gasteiger partial charge is 0.453 e. The monoisotopic (exact) mass is 519 g/mol. The highest BCUT2D eigenvalue weighted by molar-refractivity contribution is 7.89. The Bertz CT molecular complexity index is 1110. The average molecular weight is 520 g/mol. The van der Waals surface area contributed by atoms with Crippen LogP contribution in [0.2, 0.25) is 5.02 Å². The normalized spacial score (nSPS) is 22.6. The van der Waals surface area contributed by atoms with Gasteiger partial charge in [-0.1, -0.05) is 11.6 Å². The van der Waals surface area contributed by atoms with E-state index < -0.39 is 34.3 Å². The van der Waals surface area contributed by atoms with Crippen LogP contribution < -0.4 is 4.90 Å². The molecule has 2 aliphatic rings. The van der Waals surface area contributed by atoms with Gasteiger partial charge in [-0.05, 0) is 30.3 Å². The predicted molar refractivity (Wildman–Crippen MR) is 116 cm³/mol. The Labute approximate surface area is 199 Å². The number of carbonyl (C=O) groups is 1. The van der Waals surface area contributed by atoms with E-state index >= 15 is 0 Å². The molecule has 0 aliphatic carbocycles. The maximum atomic E-state index is 13.1. The molecular weight excluding hydrogens is 499 g/mol. The quantitative estimate of drug-likeness (QED) is 0.552. The molecule has 0 amide bonds. The van der Waals surface area contributed by atoms with Crippen molar-refractivity contribution in [1.29, 1.82) is 0 Å². The van der Waals surface area contributed by atoms with Crippen LogP contribution in [-0.4, -0.2) is 91.2 Å². The third-order valence-corrected chi connectivity index (χ3v) is 7.86. The Morgan fingerprint density at radius 2 is 1.65 bits per heavy atom. The number of nitrogens with zero attached hydrogens (tertiary/aromatic N) is 5. The number of piperazine rings is 1. The highest BCUT2D eigenvalue weighted by atomic mass is 35.5. The van der Waals surface area contributed by atoms with Gasteiger partial charge in [0.05, 0.1) is 17.5 Å². The summed E-state index contributed by atoms with van der Waals surface area (Å²) in [6, 6.07) is 6.41. The van der Waals surface area contributed by atoms with Crippen molar-refractivity contribution in [2.75, 3.05) is 44.2 Å². The van der Waals surface area contributed by atoms with Crippen molar-refractivity contribution in [3.05, 3.63) is 47.7 Å². The van der Waals surface area contributed by atoms with Gasteiger partial charge >= 0.3 is 12.1 Å². The van der Waals surface area contributed by atoms with Crippen molar-refractivity contribution in [1.82, 2.24) is 19.2 Å². The van der Waals surface area contributed by atoms with E-state index in [0.717, 1.165) is 4.31 Å². The molecule has 1 aromatic carbocycles. The lowest BCUT2D eigenvalue weighted by Crippen LogP contribution is -2.55. The number of alkyl halides is 3. The summed E-state index contributed by atoms with van der Waals surface area (Å²) in [5.74, 6) is -1.81. The molecule has 2 fully saturated rings. The van der Waals surface area contributed by atoms with E-state index in [1.165, 1.54) is 24.3 Å². The van der Waals surface area contributed by atoms with Crippen LogP contribution in [0.4, 0.5) is 19.1 Å². The standard InChI is InChI=1S/C20H21ClF3N5O4S/c21-14-2-4-15(5-3-14)34(31,32)29-12-16(17(13-29)33-18(30)20(22,23)24)27-8-10-28(11-9-27)19-25-6-1-7-26-19/h1-7,16-17H,8-13H2/t16-,17-/m0/s1. The lowest BCUT2D eigenvalue weighted by Gasteiger charge is -2.39. The van der Waals surface area contributed by atoms with Gasteiger partial charge in [0.1, 0.15) is 6.10 Å². The van der Waals surface area contributed by atoms with E-state index in [2.05, 4.69) is 9.97 Å².